The van der Waals surface area contributed by atoms with Gasteiger partial charge in [-0.2, -0.15) is 0 Å². The van der Waals surface area contributed by atoms with Crippen molar-refractivity contribution >= 4 is 17.7 Å². The Labute approximate surface area is 191 Å². The van der Waals surface area contributed by atoms with Crippen molar-refractivity contribution < 1.29 is 32.2 Å². The number of rotatable bonds is 9. The van der Waals surface area contributed by atoms with Crippen molar-refractivity contribution in [3.8, 4) is 22.9 Å². The number of benzene rings is 1. The van der Waals surface area contributed by atoms with E-state index in [-0.39, 0.29) is 18.5 Å². The monoisotopic (exact) mass is 485 g/mol. The summed E-state index contributed by atoms with van der Waals surface area (Å²) in [6.07, 6.45) is -2.50. The zero-order chi connectivity index (χ0) is 24.0. The van der Waals surface area contributed by atoms with E-state index in [0.717, 1.165) is 11.6 Å². The number of ether oxygens (including phenoxy) is 3. The van der Waals surface area contributed by atoms with Gasteiger partial charge in [-0.05, 0) is 38.1 Å². The summed E-state index contributed by atoms with van der Waals surface area (Å²) in [4.78, 5) is 12.3. The van der Waals surface area contributed by atoms with E-state index in [0.29, 0.717) is 34.7 Å². The van der Waals surface area contributed by atoms with Crippen LogP contribution in [0.2, 0.25) is 0 Å². The molecule has 0 unspecified atom stereocenters. The van der Waals surface area contributed by atoms with Crippen molar-refractivity contribution in [3.63, 3.8) is 0 Å². The number of carbonyl (C=O) groups is 1. The lowest BCUT2D eigenvalue weighted by atomic mass is 10.1. The molecule has 1 amide bonds. The zero-order valence-corrected chi connectivity index (χ0v) is 18.6. The van der Waals surface area contributed by atoms with Gasteiger partial charge in [0, 0.05) is 12.2 Å². The number of nitrogens with two attached hydrogens (primary N) is 1. The average Bonchev–Trinajstić information content (AvgIpc) is 3.40. The quantitative estimate of drug-likeness (QED) is 0.316. The highest BCUT2D eigenvalue weighted by atomic mass is 32.2. The standard InChI is InChI=1S/C20H22F3N5O4S/c1-3-28-18(14-5-4-6-15-17(14)31-11-30-15)26-27-19(28)33-10-16(29)25-12(2)7-8-13(9-24)32-20(21,22)23/h4-8H,3,9-11,24H2,1-2H3,(H,25,29)/b12-7+,13-8+. The maximum atomic E-state index is 12.3. The van der Waals surface area contributed by atoms with E-state index < -0.39 is 18.7 Å². The third-order valence-corrected chi connectivity index (χ3v) is 5.27. The van der Waals surface area contributed by atoms with Crippen LogP contribution in [-0.2, 0) is 16.1 Å². The molecule has 0 saturated carbocycles. The largest absolute Gasteiger partial charge is 0.572 e. The molecule has 1 aromatic heterocycles. The summed E-state index contributed by atoms with van der Waals surface area (Å²) in [6.45, 7) is 3.71. The molecule has 2 heterocycles. The highest BCUT2D eigenvalue weighted by molar-refractivity contribution is 7.99. The number of halogens is 3. The molecule has 2 aromatic rings. The van der Waals surface area contributed by atoms with Gasteiger partial charge in [-0.15, -0.1) is 23.4 Å². The normalized spacial score (nSPS) is 13.9. The van der Waals surface area contributed by atoms with Crippen LogP contribution < -0.4 is 20.5 Å². The van der Waals surface area contributed by atoms with Crippen LogP contribution in [-0.4, -0.2) is 46.1 Å². The Hall–Kier alpha value is -3.19. The number of hydrogen-bond donors (Lipinski definition) is 2. The summed E-state index contributed by atoms with van der Waals surface area (Å²) in [5, 5.41) is 11.6. The fourth-order valence-electron chi connectivity index (χ4n) is 2.92. The Kier molecular flexibility index (Phi) is 7.87. The highest BCUT2D eigenvalue weighted by Gasteiger charge is 2.31. The fourth-order valence-corrected chi connectivity index (χ4v) is 3.73. The molecule has 1 aromatic carbocycles. The Bertz CT molecular complexity index is 1070. The molecule has 0 aliphatic carbocycles. The molecule has 178 valence electrons. The van der Waals surface area contributed by atoms with Crippen molar-refractivity contribution in [2.75, 3.05) is 19.1 Å². The van der Waals surface area contributed by atoms with Gasteiger partial charge in [0.2, 0.25) is 12.7 Å². The third-order valence-electron chi connectivity index (χ3n) is 4.31. The minimum Gasteiger partial charge on any atom is -0.454 e. The van der Waals surface area contributed by atoms with Gasteiger partial charge in [0.15, 0.2) is 22.5 Å². The van der Waals surface area contributed by atoms with Gasteiger partial charge in [0.25, 0.3) is 0 Å². The van der Waals surface area contributed by atoms with Gasteiger partial charge < -0.3 is 29.8 Å². The highest BCUT2D eigenvalue weighted by Crippen LogP contribution is 2.41. The van der Waals surface area contributed by atoms with Gasteiger partial charge in [0.05, 0.1) is 17.9 Å². The summed E-state index contributed by atoms with van der Waals surface area (Å²) < 4.78 is 53.4. The molecule has 3 N–H and O–H groups in total. The first kappa shape index (κ1) is 24.5. The number of nitrogens with zero attached hydrogens (tertiary/aromatic N) is 3. The van der Waals surface area contributed by atoms with Crippen molar-refractivity contribution in [1.29, 1.82) is 0 Å². The summed E-state index contributed by atoms with van der Waals surface area (Å²) in [5.41, 5.74) is 6.30. The van der Waals surface area contributed by atoms with Crippen molar-refractivity contribution in [3.05, 3.63) is 41.8 Å². The molecular formula is C20H22F3N5O4S. The lowest BCUT2D eigenvalue weighted by Gasteiger charge is -2.10. The van der Waals surface area contributed by atoms with E-state index in [4.69, 9.17) is 15.2 Å². The van der Waals surface area contributed by atoms with E-state index in [1.54, 1.807) is 6.07 Å². The Morgan fingerprint density at radius 3 is 2.82 bits per heavy atom. The van der Waals surface area contributed by atoms with Crippen LogP contribution in [0.15, 0.2) is 47.0 Å². The second-order valence-electron chi connectivity index (χ2n) is 6.66. The van der Waals surface area contributed by atoms with E-state index in [1.165, 1.54) is 24.8 Å². The van der Waals surface area contributed by atoms with Gasteiger partial charge in [-0.1, -0.05) is 17.8 Å². The summed E-state index contributed by atoms with van der Waals surface area (Å²) in [7, 11) is 0. The smallest absolute Gasteiger partial charge is 0.454 e. The number of carbonyl (C=O) groups excluding carboxylic acids is 1. The molecule has 0 fully saturated rings. The van der Waals surface area contributed by atoms with Crippen LogP contribution in [0.25, 0.3) is 11.4 Å². The SMILES string of the molecule is CCn1c(SCC(=O)N/C(C)=C/C=C(\CN)OC(F)(F)F)nnc1-c1cccc2c1OCO2. The van der Waals surface area contributed by atoms with E-state index in [1.807, 2.05) is 23.6 Å². The molecule has 1 aliphatic rings. The zero-order valence-electron chi connectivity index (χ0n) is 17.8. The first-order chi connectivity index (χ1) is 15.7. The van der Waals surface area contributed by atoms with Crippen LogP contribution in [0.1, 0.15) is 13.8 Å². The number of hydrogen-bond acceptors (Lipinski definition) is 8. The fraction of sp³-hybridized carbons (Fsp3) is 0.350. The van der Waals surface area contributed by atoms with E-state index >= 15 is 0 Å². The second kappa shape index (κ2) is 10.6. The predicted molar refractivity (Wildman–Crippen MR) is 114 cm³/mol. The van der Waals surface area contributed by atoms with Crippen LogP contribution in [0.5, 0.6) is 11.5 Å². The lowest BCUT2D eigenvalue weighted by Crippen LogP contribution is -2.23. The topological polar surface area (TPSA) is 114 Å². The number of thioether (sulfide) groups is 1. The Morgan fingerprint density at radius 1 is 1.33 bits per heavy atom. The number of amides is 1. The van der Waals surface area contributed by atoms with E-state index in [9.17, 15) is 18.0 Å². The van der Waals surface area contributed by atoms with Crippen molar-refractivity contribution in [1.82, 2.24) is 20.1 Å². The molecule has 0 saturated heterocycles. The van der Waals surface area contributed by atoms with Crippen molar-refractivity contribution in [2.45, 2.75) is 31.9 Å². The van der Waals surface area contributed by atoms with Gasteiger partial charge in [-0.25, -0.2) is 0 Å². The Morgan fingerprint density at radius 2 is 2.12 bits per heavy atom. The van der Waals surface area contributed by atoms with Crippen LogP contribution in [0.3, 0.4) is 0 Å². The first-order valence-electron chi connectivity index (χ1n) is 9.80. The molecule has 3 rings (SSSR count). The predicted octanol–water partition coefficient (Wildman–Crippen LogP) is 3.18. The molecule has 33 heavy (non-hydrogen) atoms. The minimum atomic E-state index is -4.83. The molecular weight excluding hydrogens is 463 g/mol. The molecule has 0 spiro atoms. The van der Waals surface area contributed by atoms with Crippen LogP contribution >= 0.6 is 11.8 Å². The minimum absolute atomic E-state index is 0.0162. The van der Waals surface area contributed by atoms with Crippen molar-refractivity contribution in [2.24, 2.45) is 5.73 Å². The second-order valence-corrected chi connectivity index (χ2v) is 7.60. The van der Waals surface area contributed by atoms with Gasteiger partial charge >= 0.3 is 6.36 Å². The molecule has 13 heteroatoms. The lowest BCUT2D eigenvalue weighted by molar-refractivity contribution is -0.305. The molecule has 0 bridgehead atoms. The first-order valence-corrected chi connectivity index (χ1v) is 10.8. The maximum Gasteiger partial charge on any atom is 0.572 e. The average molecular weight is 485 g/mol. The number of aromatic nitrogens is 3. The maximum absolute atomic E-state index is 12.3. The number of para-hydroxylation sites is 1. The summed E-state index contributed by atoms with van der Waals surface area (Å²) in [6, 6.07) is 5.48. The van der Waals surface area contributed by atoms with Crippen LogP contribution in [0, 0.1) is 0 Å². The van der Waals surface area contributed by atoms with Crippen LogP contribution in [0.4, 0.5) is 13.2 Å². The molecule has 0 radical (unpaired) electrons. The van der Waals surface area contributed by atoms with E-state index in [2.05, 4.69) is 20.3 Å². The number of fused-ring (bicyclic) bond motifs is 1. The number of nitrogens with one attached hydrogen (secondary N) is 1. The summed E-state index contributed by atoms with van der Waals surface area (Å²) in [5.74, 6) is 0.981. The third kappa shape index (κ3) is 6.42. The Balaban J connectivity index is 1.64. The molecule has 0 atom stereocenters. The number of alkyl halides is 3. The van der Waals surface area contributed by atoms with Gasteiger partial charge in [-0.3, -0.25) is 4.79 Å². The number of allylic oxidation sites excluding steroid dienone is 3. The molecule has 1 aliphatic heterocycles. The van der Waals surface area contributed by atoms with Gasteiger partial charge in [0.1, 0.15) is 5.76 Å². The molecule has 9 nitrogen and oxygen atoms in total. The summed E-state index contributed by atoms with van der Waals surface area (Å²) >= 11 is 1.18.